The van der Waals surface area contributed by atoms with E-state index in [1.165, 1.54) is 12.1 Å². The average Bonchev–Trinajstić information content (AvgIpc) is 3.33. The molecule has 0 fully saturated rings. The third kappa shape index (κ3) is 3.97. The Morgan fingerprint density at radius 1 is 1.00 bits per heavy atom. The van der Waals surface area contributed by atoms with Gasteiger partial charge >= 0.3 is 0 Å². The molecule has 2 aromatic heterocycles. The van der Waals surface area contributed by atoms with Crippen LogP contribution in [0.15, 0.2) is 68.4 Å². The first-order valence-electron chi connectivity index (χ1n) is 8.80. The zero-order valence-electron chi connectivity index (χ0n) is 15.7. The van der Waals surface area contributed by atoms with E-state index in [1.807, 2.05) is 13.8 Å². The first-order chi connectivity index (χ1) is 13.8. The quantitative estimate of drug-likeness (QED) is 0.471. The number of halogens is 1. The molecule has 0 aliphatic rings. The summed E-state index contributed by atoms with van der Waals surface area (Å²) in [7, 11) is -3.57. The lowest BCUT2D eigenvalue weighted by atomic mass is 10.1. The maximum absolute atomic E-state index is 13.4. The molecule has 0 atom stereocenters. The maximum atomic E-state index is 13.4. The number of hydrogen-bond acceptors (Lipinski definition) is 6. The molecule has 6 nitrogen and oxygen atoms in total. The second kappa shape index (κ2) is 7.29. The number of sulfone groups is 1. The molecule has 0 radical (unpaired) electrons. The summed E-state index contributed by atoms with van der Waals surface area (Å²) in [5.74, 6) is 0.0829. The normalized spacial score (nSPS) is 11.7. The number of hydrogen-bond donors (Lipinski definition) is 0. The van der Waals surface area contributed by atoms with Crippen molar-refractivity contribution in [3.8, 4) is 23.0 Å². The van der Waals surface area contributed by atoms with Gasteiger partial charge in [-0.05, 0) is 61.4 Å². The SMILES string of the molecule is Cc1ccc(S(=O)(=O)Cc2ccc(-c3nc(-c4cccc(F)c4)no3)o2)cc1C. The monoisotopic (exact) mass is 412 g/mol. The Kier molecular flexibility index (Phi) is 4.79. The molecule has 29 heavy (non-hydrogen) atoms. The van der Waals surface area contributed by atoms with Crippen molar-refractivity contribution in [3.05, 3.63) is 77.3 Å². The molecule has 0 unspecified atom stereocenters. The molecule has 0 aliphatic carbocycles. The molecule has 8 heteroatoms. The topological polar surface area (TPSA) is 86.2 Å². The van der Waals surface area contributed by atoms with Gasteiger partial charge in [0, 0.05) is 5.56 Å². The van der Waals surface area contributed by atoms with E-state index in [0.717, 1.165) is 11.1 Å². The summed E-state index contributed by atoms with van der Waals surface area (Å²) in [6, 6.07) is 13.9. The van der Waals surface area contributed by atoms with Crippen LogP contribution in [-0.4, -0.2) is 18.6 Å². The molecule has 2 aromatic carbocycles. The zero-order valence-corrected chi connectivity index (χ0v) is 16.5. The van der Waals surface area contributed by atoms with Crippen molar-refractivity contribution >= 4 is 9.84 Å². The molecule has 0 saturated carbocycles. The third-order valence-electron chi connectivity index (χ3n) is 4.55. The number of aromatic nitrogens is 2. The Bertz CT molecular complexity index is 1290. The van der Waals surface area contributed by atoms with Gasteiger partial charge < -0.3 is 8.94 Å². The van der Waals surface area contributed by atoms with E-state index in [2.05, 4.69) is 10.1 Å². The summed E-state index contributed by atoms with van der Waals surface area (Å²) in [4.78, 5) is 4.43. The van der Waals surface area contributed by atoms with Gasteiger partial charge in [-0.15, -0.1) is 0 Å². The number of aryl methyl sites for hydroxylation is 2. The summed E-state index contributed by atoms with van der Waals surface area (Å²) in [5.41, 5.74) is 2.39. The molecule has 0 saturated heterocycles. The highest BCUT2D eigenvalue weighted by molar-refractivity contribution is 7.90. The van der Waals surface area contributed by atoms with Gasteiger partial charge in [0.25, 0.3) is 5.89 Å². The molecule has 2 heterocycles. The Morgan fingerprint density at radius 2 is 1.83 bits per heavy atom. The van der Waals surface area contributed by atoms with Gasteiger partial charge in [-0.3, -0.25) is 0 Å². The third-order valence-corrected chi connectivity index (χ3v) is 6.19. The minimum Gasteiger partial charge on any atom is -0.455 e. The van der Waals surface area contributed by atoms with Crippen molar-refractivity contribution in [2.75, 3.05) is 0 Å². The highest BCUT2D eigenvalue weighted by atomic mass is 32.2. The summed E-state index contributed by atoms with van der Waals surface area (Å²) < 4.78 is 49.5. The number of nitrogens with zero attached hydrogens (tertiary/aromatic N) is 2. The van der Waals surface area contributed by atoms with Crippen LogP contribution in [0, 0.1) is 19.7 Å². The van der Waals surface area contributed by atoms with Gasteiger partial charge in [-0.1, -0.05) is 23.4 Å². The van der Waals surface area contributed by atoms with Gasteiger partial charge in [0.05, 0.1) is 4.90 Å². The number of furan rings is 1. The summed E-state index contributed by atoms with van der Waals surface area (Å²) in [6.45, 7) is 3.79. The van der Waals surface area contributed by atoms with Gasteiger partial charge in [0.1, 0.15) is 17.3 Å². The molecule has 0 aliphatic heterocycles. The van der Waals surface area contributed by atoms with Gasteiger partial charge in [-0.2, -0.15) is 4.98 Å². The molecule has 0 spiro atoms. The maximum Gasteiger partial charge on any atom is 0.293 e. The van der Waals surface area contributed by atoms with E-state index in [4.69, 9.17) is 8.94 Å². The van der Waals surface area contributed by atoms with Crippen LogP contribution in [0.5, 0.6) is 0 Å². The van der Waals surface area contributed by atoms with Crippen LogP contribution < -0.4 is 0 Å². The minimum atomic E-state index is -3.57. The van der Waals surface area contributed by atoms with Crippen LogP contribution in [0.1, 0.15) is 16.9 Å². The Labute approximate surface area is 166 Å². The molecule has 4 rings (SSSR count). The predicted molar refractivity (Wildman–Crippen MR) is 104 cm³/mol. The molecule has 0 amide bonds. The van der Waals surface area contributed by atoms with Crippen LogP contribution in [0.3, 0.4) is 0 Å². The number of rotatable bonds is 5. The second-order valence-corrected chi connectivity index (χ2v) is 8.69. The van der Waals surface area contributed by atoms with E-state index in [-0.39, 0.29) is 33.9 Å². The van der Waals surface area contributed by atoms with Crippen LogP contribution in [0.25, 0.3) is 23.0 Å². The lowest BCUT2D eigenvalue weighted by molar-refractivity contribution is 0.413. The van der Waals surface area contributed by atoms with Crippen LogP contribution in [-0.2, 0) is 15.6 Å². The van der Waals surface area contributed by atoms with E-state index < -0.39 is 15.7 Å². The average molecular weight is 412 g/mol. The zero-order chi connectivity index (χ0) is 20.6. The van der Waals surface area contributed by atoms with Crippen molar-refractivity contribution in [2.24, 2.45) is 0 Å². The van der Waals surface area contributed by atoms with E-state index >= 15 is 0 Å². The second-order valence-electron chi connectivity index (χ2n) is 6.70. The van der Waals surface area contributed by atoms with Gasteiger partial charge in [-0.25, -0.2) is 12.8 Å². The van der Waals surface area contributed by atoms with E-state index in [1.54, 1.807) is 42.5 Å². The smallest absolute Gasteiger partial charge is 0.293 e. The van der Waals surface area contributed by atoms with Gasteiger partial charge in [0.2, 0.25) is 5.82 Å². The van der Waals surface area contributed by atoms with Crippen molar-refractivity contribution in [1.82, 2.24) is 10.1 Å². The first kappa shape index (κ1) is 19.1. The Morgan fingerprint density at radius 3 is 2.59 bits per heavy atom. The highest BCUT2D eigenvalue weighted by Gasteiger charge is 2.20. The van der Waals surface area contributed by atoms with Crippen molar-refractivity contribution in [2.45, 2.75) is 24.5 Å². The van der Waals surface area contributed by atoms with E-state index in [0.29, 0.717) is 5.56 Å². The summed E-state index contributed by atoms with van der Waals surface area (Å²) in [5, 5.41) is 3.82. The fraction of sp³-hybridized carbons (Fsp3) is 0.143. The molecule has 4 aromatic rings. The van der Waals surface area contributed by atoms with Crippen LogP contribution in [0.2, 0.25) is 0 Å². The van der Waals surface area contributed by atoms with Crippen LogP contribution in [0.4, 0.5) is 4.39 Å². The first-order valence-corrected chi connectivity index (χ1v) is 10.5. The lowest BCUT2D eigenvalue weighted by Crippen LogP contribution is -2.05. The summed E-state index contributed by atoms with van der Waals surface area (Å²) >= 11 is 0. The predicted octanol–water partition coefficient (Wildman–Crippen LogP) is 4.73. The fourth-order valence-electron chi connectivity index (χ4n) is 2.82. The standard InChI is InChI=1S/C21H17FN2O4S/c1-13-6-8-18(10-14(13)2)29(25,26)12-17-7-9-19(27-17)21-23-20(24-28-21)15-4-3-5-16(22)11-15/h3-11H,12H2,1-2H3. The van der Waals surface area contributed by atoms with E-state index in [9.17, 15) is 12.8 Å². The summed E-state index contributed by atoms with van der Waals surface area (Å²) in [6.07, 6.45) is 0. The van der Waals surface area contributed by atoms with Crippen molar-refractivity contribution in [1.29, 1.82) is 0 Å². The minimum absolute atomic E-state index is 0.0825. The Hall–Kier alpha value is -3.26. The molecule has 0 N–H and O–H groups in total. The highest BCUT2D eigenvalue weighted by Crippen LogP contribution is 2.26. The molecular weight excluding hydrogens is 395 g/mol. The van der Waals surface area contributed by atoms with Crippen molar-refractivity contribution in [3.63, 3.8) is 0 Å². The largest absolute Gasteiger partial charge is 0.455 e. The van der Waals surface area contributed by atoms with Crippen molar-refractivity contribution < 1.29 is 21.7 Å². The lowest BCUT2D eigenvalue weighted by Gasteiger charge is -2.05. The van der Waals surface area contributed by atoms with Gasteiger partial charge in [0.15, 0.2) is 15.6 Å². The fourth-order valence-corrected chi connectivity index (χ4v) is 4.14. The molecule has 148 valence electrons. The molecular formula is C21H17FN2O4S. The Balaban J connectivity index is 1.56. The van der Waals surface area contributed by atoms with Crippen LogP contribution >= 0.6 is 0 Å². The number of benzene rings is 2. The molecule has 0 bridgehead atoms.